The number of aromatic nitrogens is 2. The molecule has 33 heavy (non-hydrogen) atoms. The fourth-order valence-corrected chi connectivity index (χ4v) is 4.05. The molecule has 1 N–H and O–H groups in total. The number of aromatic amines is 1. The van der Waals surface area contributed by atoms with Gasteiger partial charge in [0.1, 0.15) is 11.5 Å². The van der Waals surface area contributed by atoms with Gasteiger partial charge in [-0.05, 0) is 66.1 Å². The van der Waals surface area contributed by atoms with E-state index >= 15 is 0 Å². The molecule has 0 saturated heterocycles. The summed E-state index contributed by atoms with van der Waals surface area (Å²) in [5, 5.41) is 10.2. The van der Waals surface area contributed by atoms with Crippen molar-refractivity contribution in [2.75, 3.05) is 0 Å². The molecule has 0 aliphatic heterocycles. The van der Waals surface area contributed by atoms with Gasteiger partial charge in [0.15, 0.2) is 5.16 Å². The number of aryl methyl sites for hydroxylation is 1. The minimum atomic E-state index is -0.154. The predicted octanol–water partition coefficient (Wildman–Crippen LogP) is 6.28. The lowest BCUT2D eigenvalue weighted by Gasteiger charge is -2.08. The van der Waals surface area contributed by atoms with E-state index in [1.807, 2.05) is 61.5 Å². The molecule has 0 fully saturated rings. The lowest BCUT2D eigenvalue weighted by molar-refractivity contribution is 0.482. The number of rotatable bonds is 7. The molecular formula is C26H20ClN3O2S. The fraction of sp³-hybridized carbons (Fsp3) is 0.115. The molecule has 5 nitrogen and oxygen atoms in total. The van der Waals surface area contributed by atoms with Gasteiger partial charge in [0, 0.05) is 29.0 Å². The quantitative estimate of drug-likeness (QED) is 0.252. The summed E-state index contributed by atoms with van der Waals surface area (Å²) in [5.74, 6) is 2.14. The number of nitrogens with zero attached hydrogens (tertiary/aromatic N) is 2. The van der Waals surface area contributed by atoms with Gasteiger partial charge in [-0.1, -0.05) is 47.6 Å². The monoisotopic (exact) mass is 473 g/mol. The van der Waals surface area contributed by atoms with E-state index in [0.717, 1.165) is 28.2 Å². The van der Waals surface area contributed by atoms with E-state index in [9.17, 15) is 4.79 Å². The molecule has 4 aromatic rings. The fourth-order valence-electron chi connectivity index (χ4n) is 3.14. The summed E-state index contributed by atoms with van der Waals surface area (Å²) < 4.78 is 5.88. The Bertz CT molecular complexity index is 1360. The standard InChI is InChI=1S/C26H20ClN3O2S/c1-17-12-23(10-11-24(17)27)32-22-8-6-20(7-9-22)16-33-26-29-15-21(25(31)30-26)13-18-2-4-19(14-28)5-3-18/h2-12,15H,13,16H2,1H3,(H,29,30,31). The summed E-state index contributed by atoms with van der Waals surface area (Å²) in [6.07, 6.45) is 2.08. The molecule has 164 valence electrons. The summed E-state index contributed by atoms with van der Waals surface area (Å²) in [5.41, 5.74) is 4.03. The molecular weight excluding hydrogens is 454 g/mol. The first-order chi connectivity index (χ1) is 16.0. The molecule has 7 heteroatoms. The molecule has 0 radical (unpaired) electrons. The summed E-state index contributed by atoms with van der Waals surface area (Å²) in [6, 6.07) is 22.6. The van der Waals surface area contributed by atoms with E-state index in [-0.39, 0.29) is 5.56 Å². The molecule has 0 spiro atoms. The van der Waals surface area contributed by atoms with Crippen LogP contribution in [0.3, 0.4) is 0 Å². The predicted molar refractivity (Wildman–Crippen MR) is 131 cm³/mol. The third-order valence-corrected chi connectivity index (χ3v) is 6.37. The highest BCUT2D eigenvalue weighted by Crippen LogP contribution is 2.27. The highest BCUT2D eigenvalue weighted by molar-refractivity contribution is 7.98. The molecule has 0 atom stereocenters. The maximum absolute atomic E-state index is 12.5. The Kier molecular flexibility index (Phi) is 7.13. The minimum Gasteiger partial charge on any atom is -0.457 e. The van der Waals surface area contributed by atoms with E-state index in [1.165, 1.54) is 11.8 Å². The van der Waals surface area contributed by atoms with Crippen LogP contribution in [0.15, 0.2) is 82.9 Å². The van der Waals surface area contributed by atoms with Crippen LogP contribution in [0, 0.1) is 18.3 Å². The Morgan fingerprint density at radius 3 is 2.39 bits per heavy atom. The molecule has 1 aromatic heterocycles. The van der Waals surface area contributed by atoms with E-state index in [2.05, 4.69) is 16.0 Å². The van der Waals surface area contributed by atoms with Crippen LogP contribution in [-0.2, 0) is 12.2 Å². The van der Waals surface area contributed by atoms with Crippen molar-refractivity contribution in [3.05, 3.63) is 116 Å². The van der Waals surface area contributed by atoms with Crippen molar-refractivity contribution in [3.8, 4) is 17.6 Å². The van der Waals surface area contributed by atoms with Crippen LogP contribution in [0.2, 0.25) is 5.02 Å². The maximum Gasteiger partial charge on any atom is 0.255 e. The van der Waals surface area contributed by atoms with Gasteiger partial charge in [0.25, 0.3) is 5.56 Å². The third kappa shape index (κ3) is 6.04. The number of ether oxygens (including phenoxy) is 1. The summed E-state index contributed by atoms with van der Waals surface area (Å²) >= 11 is 7.52. The first-order valence-corrected chi connectivity index (χ1v) is 11.6. The number of hydrogen-bond donors (Lipinski definition) is 1. The number of benzene rings is 3. The average Bonchev–Trinajstić information content (AvgIpc) is 2.83. The number of nitrogens with one attached hydrogen (secondary N) is 1. The van der Waals surface area contributed by atoms with Crippen molar-refractivity contribution in [2.24, 2.45) is 0 Å². The first-order valence-electron chi connectivity index (χ1n) is 10.2. The Labute approximate surface area is 201 Å². The van der Waals surface area contributed by atoms with E-state index in [4.69, 9.17) is 21.6 Å². The van der Waals surface area contributed by atoms with Crippen LogP contribution in [-0.4, -0.2) is 9.97 Å². The van der Waals surface area contributed by atoms with Crippen LogP contribution in [0.25, 0.3) is 0 Å². The van der Waals surface area contributed by atoms with Crippen LogP contribution in [0.5, 0.6) is 11.5 Å². The number of hydrogen-bond acceptors (Lipinski definition) is 5. The Balaban J connectivity index is 1.34. The van der Waals surface area contributed by atoms with E-state index in [1.54, 1.807) is 18.3 Å². The smallest absolute Gasteiger partial charge is 0.255 e. The van der Waals surface area contributed by atoms with Crippen LogP contribution in [0.4, 0.5) is 0 Å². The molecule has 3 aromatic carbocycles. The zero-order valence-electron chi connectivity index (χ0n) is 17.8. The van der Waals surface area contributed by atoms with Crippen molar-refractivity contribution in [1.29, 1.82) is 5.26 Å². The zero-order valence-corrected chi connectivity index (χ0v) is 19.4. The topological polar surface area (TPSA) is 78.8 Å². The van der Waals surface area contributed by atoms with Gasteiger partial charge in [0.2, 0.25) is 0 Å². The SMILES string of the molecule is Cc1cc(Oc2ccc(CSc3ncc(Cc4ccc(C#N)cc4)c(=O)[nH]3)cc2)ccc1Cl. The second kappa shape index (κ2) is 10.4. The second-order valence-corrected chi connectivity index (χ2v) is 8.85. The first kappa shape index (κ1) is 22.7. The molecule has 1 heterocycles. The number of halogens is 1. The largest absolute Gasteiger partial charge is 0.457 e. The Morgan fingerprint density at radius 2 is 1.73 bits per heavy atom. The van der Waals surface area contributed by atoms with Crippen LogP contribution in [0.1, 0.15) is 27.8 Å². The van der Waals surface area contributed by atoms with Crippen molar-refractivity contribution in [1.82, 2.24) is 9.97 Å². The number of H-pyrrole nitrogens is 1. The molecule has 4 rings (SSSR count). The van der Waals surface area contributed by atoms with Gasteiger partial charge < -0.3 is 9.72 Å². The van der Waals surface area contributed by atoms with Gasteiger partial charge >= 0.3 is 0 Å². The van der Waals surface area contributed by atoms with Crippen LogP contribution < -0.4 is 10.3 Å². The number of thioether (sulfide) groups is 1. The van der Waals surface area contributed by atoms with Gasteiger partial charge in [0.05, 0.1) is 11.6 Å². The summed E-state index contributed by atoms with van der Waals surface area (Å²) in [6.45, 7) is 1.94. The molecule has 0 unspecified atom stereocenters. The van der Waals surface area contributed by atoms with E-state index in [0.29, 0.717) is 33.5 Å². The van der Waals surface area contributed by atoms with Crippen molar-refractivity contribution in [3.63, 3.8) is 0 Å². The summed E-state index contributed by atoms with van der Waals surface area (Å²) in [7, 11) is 0. The Morgan fingerprint density at radius 1 is 1.03 bits per heavy atom. The van der Waals surface area contributed by atoms with Crippen molar-refractivity contribution >= 4 is 23.4 Å². The highest BCUT2D eigenvalue weighted by atomic mass is 35.5. The average molecular weight is 474 g/mol. The lowest BCUT2D eigenvalue weighted by Crippen LogP contribution is -2.14. The lowest BCUT2D eigenvalue weighted by atomic mass is 10.1. The van der Waals surface area contributed by atoms with Gasteiger partial charge in [-0.2, -0.15) is 5.26 Å². The van der Waals surface area contributed by atoms with Gasteiger partial charge in [-0.25, -0.2) is 4.98 Å². The number of nitriles is 1. The van der Waals surface area contributed by atoms with Crippen molar-refractivity contribution in [2.45, 2.75) is 24.3 Å². The zero-order chi connectivity index (χ0) is 23.2. The molecule has 0 bridgehead atoms. The second-order valence-electron chi connectivity index (χ2n) is 7.47. The van der Waals surface area contributed by atoms with Gasteiger partial charge in [-0.3, -0.25) is 4.79 Å². The minimum absolute atomic E-state index is 0.154. The van der Waals surface area contributed by atoms with E-state index < -0.39 is 0 Å². The molecule has 0 saturated carbocycles. The Hall–Kier alpha value is -3.53. The normalized spacial score (nSPS) is 10.6. The van der Waals surface area contributed by atoms with Crippen molar-refractivity contribution < 1.29 is 4.74 Å². The summed E-state index contributed by atoms with van der Waals surface area (Å²) in [4.78, 5) is 19.7. The molecule has 0 amide bonds. The molecule has 0 aliphatic carbocycles. The van der Waals surface area contributed by atoms with Gasteiger partial charge in [-0.15, -0.1) is 0 Å². The highest BCUT2D eigenvalue weighted by Gasteiger charge is 2.06. The molecule has 0 aliphatic rings. The van der Waals surface area contributed by atoms with Crippen LogP contribution >= 0.6 is 23.4 Å². The third-order valence-electron chi connectivity index (χ3n) is 4.99. The maximum atomic E-state index is 12.5.